The van der Waals surface area contributed by atoms with Crippen LogP contribution in [0.4, 0.5) is 0 Å². The van der Waals surface area contributed by atoms with Gasteiger partial charge in [-0.05, 0) is 20.1 Å². The van der Waals surface area contributed by atoms with Gasteiger partial charge in [-0.2, -0.15) is 11.8 Å². The van der Waals surface area contributed by atoms with Crippen LogP contribution in [0.25, 0.3) is 0 Å². The number of thioether (sulfide) groups is 2. The first-order chi connectivity index (χ1) is 9.92. The topological polar surface area (TPSA) is 71.1 Å². The molecule has 0 radical (unpaired) electrons. The van der Waals surface area contributed by atoms with Crippen molar-refractivity contribution in [2.24, 2.45) is 0 Å². The Morgan fingerprint density at radius 3 is 3.05 bits per heavy atom. The molecule has 2 amide bonds. The van der Waals surface area contributed by atoms with Crippen LogP contribution in [0.3, 0.4) is 0 Å². The predicted octanol–water partition coefficient (Wildman–Crippen LogP) is 1.63. The fraction of sp³-hybridized carbons (Fsp3) is 0.615. The van der Waals surface area contributed by atoms with Gasteiger partial charge in [0.05, 0.1) is 17.0 Å². The van der Waals surface area contributed by atoms with Crippen molar-refractivity contribution in [3.8, 4) is 0 Å². The molecule has 2 N–H and O–H groups in total. The summed E-state index contributed by atoms with van der Waals surface area (Å²) in [5.41, 5.74) is 0.868. The molecule has 1 aliphatic heterocycles. The first-order valence-electron chi connectivity index (χ1n) is 6.57. The molecule has 1 saturated heterocycles. The largest absolute Gasteiger partial charge is 0.349 e. The third-order valence-electron chi connectivity index (χ3n) is 3.09. The van der Waals surface area contributed by atoms with Crippen LogP contribution in [-0.2, 0) is 21.9 Å². The van der Waals surface area contributed by atoms with E-state index in [0.29, 0.717) is 12.3 Å². The van der Waals surface area contributed by atoms with E-state index < -0.39 is 10.8 Å². The Morgan fingerprint density at radius 2 is 2.38 bits per heavy atom. The van der Waals surface area contributed by atoms with Gasteiger partial charge in [0, 0.05) is 16.9 Å². The fourth-order valence-electron chi connectivity index (χ4n) is 1.79. The average molecular weight is 346 g/mol. The summed E-state index contributed by atoms with van der Waals surface area (Å²) in [4.78, 5) is 28.4. The van der Waals surface area contributed by atoms with Crippen molar-refractivity contribution in [2.45, 2.75) is 36.9 Å². The number of carbonyl (C=O) groups excluding carboxylic acids is 2. The Kier molecular flexibility index (Phi) is 5.56. The molecule has 116 valence electrons. The minimum Gasteiger partial charge on any atom is -0.349 e. The van der Waals surface area contributed by atoms with E-state index in [4.69, 9.17) is 0 Å². The second kappa shape index (κ2) is 7.02. The molecule has 0 saturated carbocycles. The molecule has 2 rings (SSSR count). The van der Waals surface area contributed by atoms with E-state index in [-0.39, 0.29) is 11.8 Å². The van der Waals surface area contributed by atoms with Crippen LogP contribution in [0.15, 0.2) is 5.38 Å². The van der Waals surface area contributed by atoms with Crippen LogP contribution >= 0.6 is 34.9 Å². The van der Waals surface area contributed by atoms with Crippen molar-refractivity contribution in [1.82, 2.24) is 15.6 Å². The zero-order valence-electron chi connectivity index (χ0n) is 12.3. The van der Waals surface area contributed by atoms with Gasteiger partial charge < -0.3 is 10.6 Å². The lowest BCUT2D eigenvalue weighted by molar-refractivity contribution is -0.129. The summed E-state index contributed by atoms with van der Waals surface area (Å²) in [6.07, 6.45) is 2.04. The molecule has 0 bridgehead atoms. The van der Waals surface area contributed by atoms with Crippen LogP contribution in [-0.4, -0.2) is 39.6 Å². The van der Waals surface area contributed by atoms with E-state index in [2.05, 4.69) is 15.6 Å². The molecule has 5 nitrogen and oxygen atoms in total. The smallest absolute Gasteiger partial charge is 0.243 e. The summed E-state index contributed by atoms with van der Waals surface area (Å²) < 4.78 is -0.460. The Hall–Kier alpha value is -0.730. The second-order valence-electron chi connectivity index (χ2n) is 5.23. The molecular formula is C13H19N3O2S3. The summed E-state index contributed by atoms with van der Waals surface area (Å²) >= 11 is 4.84. The zero-order valence-corrected chi connectivity index (χ0v) is 14.7. The van der Waals surface area contributed by atoms with Crippen LogP contribution in [0.5, 0.6) is 0 Å². The lowest BCUT2D eigenvalue weighted by Gasteiger charge is -2.32. The van der Waals surface area contributed by atoms with Gasteiger partial charge in [0.1, 0.15) is 11.0 Å². The van der Waals surface area contributed by atoms with E-state index in [1.807, 2.05) is 25.5 Å². The Balaban J connectivity index is 1.83. The quantitative estimate of drug-likeness (QED) is 0.849. The molecule has 2 heterocycles. The van der Waals surface area contributed by atoms with Crippen molar-refractivity contribution in [2.75, 3.05) is 12.0 Å². The normalized spacial score (nSPS) is 20.9. The van der Waals surface area contributed by atoms with Crippen LogP contribution in [0, 0.1) is 0 Å². The number of carbonyl (C=O) groups is 2. The van der Waals surface area contributed by atoms with E-state index in [1.54, 1.807) is 23.1 Å². The lowest BCUT2D eigenvalue weighted by atomic mass is 10.1. The number of aromatic nitrogens is 1. The molecule has 1 atom stereocenters. The van der Waals surface area contributed by atoms with Crippen molar-refractivity contribution in [3.05, 3.63) is 16.1 Å². The highest BCUT2D eigenvalue weighted by molar-refractivity contribution is 8.01. The second-order valence-corrected chi connectivity index (χ2v) is 8.68. The summed E-state index contributed by atoms with van der Waals surface area (Å²) in [6.45, 7) is 4.14. The summed E-state index contributed by atoms with van der Waals surface area (Å²) in [5.74, 6) is 1.25. The number of nitrogens with one attached hydrogen (secondary N) is 2. The summed E-state index contributed by atoms with van der Waals surface area (Å²) in [6, 6.07) is -0.458. The highest BCUT2D eigenvalue weighted by atomic mass is 32.2. The standard InChI is InChI=1S/C13H19N3O2S3/c1-13(2)12(18)16-9(6-21-13)11(17)14-4-8-5-20-10(15-8)7-19-3/h5,9H,4,6-7H2,1-3H3,(H,14,17)(H,16,18)/t9-/m0/s1. The van der Waals surface area contributed by atoms with Crippen molar-refractivity contribution >= 4 is 46.7 Å². The maximum Gasteiger partial charge on any atom is 0.243 e. The lowest BCUT2D eigenvalue weighted by Crippen LogP contribution is -2.57. The molecule has 0 aromatic carbocycles. The van der Waals surface area contributed by atoms with Crippen LogP contribution < -0.4 is 10.6 Å². The Morgan fingerprint density at radius 1 is 1.62 bits per heavy atom. The molecule has 0 spiro atoms. The fourth-order valence-corrected chi connectivity index (χ4v) is 4.32. The van der Waals surface area contributed by atoms with Gasteiger partial charge in [0.15, 0.2) is 0 Å². The molecule has 1 fully saturated rings. The van der Waals surface area contributed by atoms with Crippen LogP contribution in [0.2, 0.25) is 0 Å². The Bertz CT molecular complexity index is 530. The molecule has 1 aromatic rings. The Labute approximate surface area is 137 Å². The first-order valence-corrected chi connectivity index (χ1v) is 9.83. The highest BCUT2D eigenvalue weighted by Gasteiger charge is 2.37. The van der Waals surface area contributed by atoms with E-state index in [0.717, 1.165) is 16.5 Å². The number of rotatable bonds is 5. The van der Waals surface area contributed by atoms with Gasteiger partial charge in [-0.1, -0.05) is 0 Å². The number of hydrogen-bond donors (Lipinski definition) is 2. The van der Waals surface area contributed by atoms with Crippen molar-refractivity contribution in [3.63, 3.8) is 0 Å². The zero-order chi connectivity index (χ0) is 15.5. The number of nitrogens with zero attached hydrogens (tertiary/aromatic N) is 1. The number of hydrogen-bond acceptors (Lipinski definition) is 6. The third-order valence-corrected chi connectivity index (χ3v) is 6.14. The summed E-state index contributed by atoms with van der Waals surface area (Å²) in [7, 11) is 0. The first kappa shape index (κ1) is 16.6. The predicted molar refractivity (Wildman–Crippen MR) is 89.6 cm³/mol. The third kappa shape index (κ3) is 4.37. The molecule has 21 heavy (non-hydrogen) atoms. The molecule has 0 unspecified atom stereocenters. The SMILES string of the molecule is CSCc1nc(CNC(=O)[C@@H]2CSC(C)(C)C(=O)N2)cs1. The monoisotopic (exact) mass is 345 g/mol. The average Bonchev–Trinajstić information content (AvgIpc) is 2.87. The number of amides is 2. The maximum absolute atomic E-state index is 12.1. The maximum atomic E-state index is 12.1. The van der Waals surface area contributed by atoms with Gasteiger partial charge in [-0.25, -0.2) is 4.98 Å². The van der Waals surface area contributed by atoms with E-state index >= 15 is 0 Å². The van der Waals surface area contributed by atoms with Gasteiger partial charge in [0.2, 0.25) is 11.8 Å². The van der Waals surface area contributed by atoms with Crippen molar-refractivity contribution < 1.29 is 9.59 Å². The van der Waals surface area contributed by atoms with Crippen molar-refractivity contribution in [1.29, 1.82) is 0 Å². The van der Waals surface area contributed by atoms with E-state index in [1.165, 1.54) is 11.8 Å². The van der Waals surface area contributed by atoms with Crippen LogP contribution in [0.1, 0.15) is 24.5 Å². The highest BCUT2D eigenvalue weighted by Crippen LogP contribution is 2.29. The molecular weight excluding hydrogens is 326 g/mol. The molecule has 0 aliphatic carbocycles. The van der Waals surface area contributed by atoms with Gasteiger partial charge in [0.25, 0.3) is 0 Å². The van der Waals surface area contributed by atoms with E-state index in [9.17, 15) is 9.59 Å². The number of thiazole rings is 1. The molecule has 8 heteroatoms. The minimum atomic E-state index is -0.460. The minimum absolute atomic E-state index is 0.0881. The molecule has 1 aromatic heterocycles. The van der Waals surface area contributed by atoms with Gasteiger partial charge in [-0.3, -0.25) is 9.59 Å². The van der Waals surface area contributed by atoms with Gasteiger partial charge in [-0.15, -0.1) is 23.1 Å². The molecule has 1 aliphatic rings. The summed E-state index contributed by atoms with van der Waals surface area (Å²) in [5, 5.41) is 8.64. The van der Waals surface area contributed by atoms with Gasteiger partial charge >= 0.3 is 0 Å².